The fourth-order valence-electron chi connectivity index (χ4n) is 2.82. The summed E-state index contributed by atoms with van der Waals surface area (Å²) in [5.74, 6) is 1.26. The first-order valence-electron chi connectivity index (χ1n) is 6.51. The summed E-state index contributed by atoms with van der Waals surface area (Å²) in [5, 5.41) is 4.62. The Hall–Kier alpha value is -1.84. The van der Waals surface area contributed by atoms with Gasteiger partial charge in [-0.1, -0.05) is 18.9 Å². The maximum absolute atomic E-state index is 6.16. The number of hydrogen-bond acceptors (Lipinski definition) is 3. The molecule has 3 rings (SSSR count). The van der Waals surface area contributed by atoms with Crippen molar-refractivity contribution >= 4 is 5.82 Å². The van der Waals surface area contributed by atoms with Crippen LogP contribution in [0.25, 0.3) is 11.3 Å². The summed E-state index contributed by atoms with van der Waals surface area (Å²) in [5.41, 5.74) is 9.26. The Balaban J connectivity index is 2.12. The molecule has 1 aliphatic carbocycles. The number of aryl methyl sites for hydroxylation is 1. The summed E-state index contributed by atoms with van der Waals surface area (Å²) in [6.45, 7) is 0. The molecule has 1 fully saturated rings. The molecule has 0 aromatic carbocycles. The van der Waals surface area contributed by atoms with Crippen molar-refractivity contribution in [2.75, 3.05) is 5.73 Å². The third-order valence-electron chi connectivity index (χ3n) is 3.78. The number of nitrogens with two attached hydrogens (primary N) is 1. The number of anilines is 1. The second-order valence-corrected chi connectivity index (χ2v) is 4.97. The van der Waals surface area contributed by atoms with E-state index in [1.807, 2.05) is 25.2 Å². The molecule has 4 heteroatoms. The van der Waals surface area contributed by atoms with Crippen LogP contribution in [-0.2, 0) is 7.05 Å². The normalized spacial score (nSPS) is 16.3. The molecule has 2 aromatic rings. The number of aromatic nitrogens is 3. The maximum Gasteiger partial charge on any atom is 0.131 e. The van der Waals surface area contributed by atoms with Crippen molar-refractivity contribution < 1.29 is 0 Å². The Labute approximate surface area is 107 Å². The number of hydrogen-bond donors (Lipinski definition) is 1. The van der Waals surface area contributed by atoms with Crippen molar-refractivity contribution in [3.8, 4) is 11.3 Å². The second kappa shape index (κ2) is 4.44. The molecular weight excluding hydrogens is 224 g/mol. The van der Waals surface area contributed by atoms with Crippen molar-refractivity contribution in [1.82, 2.24) is 14.8 Å². The third-order valence-corrected chi connectivity index (χ3v) is 3.78. The van der Waals surface area contributed by atoms with E-state index >= 15 is 0 Å². The minimum absolute atomic E-state index is 0.547. The van der Waals surface area contributed by atoms with E-state index in [4.69, 9.17) is 5.73 Å². The first kappa shape index (κ1) is 11.3. The smallest absolute Gasteiger partial charge is 0.131 e. The Morgan fingerprint density at radius 2 is 2.06 bits per heavy atom. The van der Waals surface area contributed by atoms with Gasteiger partial charge in [0.1, 0.15) is 5.82 Å². The first-order valence-corrected chi connectivity index (χ1v) is 6.51. The first-order chi connectivity index (χ1) is 8.77. The largest absolute Gasteiger partial charge is 0.383 e. The van der Waals surface area contributed by atoms with Gasteiger partial charge in [0.2, 0.25) is 0 Å². The van der Waals surface area contributed by atoms with E-state index in [-0.39, 0.29) is 0 Å². The van der Waals surface area contributed by atoms with Gasteiger partial charge < -0.3 is 5.73 Å². The van der Waals surface area contributed by atoms with E-state index in [0.717, 1.165) is 22.8 Å². The van der Waals surface area contributed by atoms with E-state index < -0.39 is 0 Å². The average molecular weight is 242 g/mol. The summed E-state index contributed by atoms with van der Waals surface area (Å²) < 4.78 is 1.78. The number of nitrogen functional groups attached to an aromatic ring is 1. The zero-order chi connectivity index (χ0) is 12.5. The lowest BCUT2D eigenvalue weighted by Crippen LogP contribution is -1.98. The van der Waals surface area contributed by atoms with Gasteiger partial charge in [-0.25, -0.2) is 0 Å². The molecule has 0 spiro atoms. The molecule has 2 aromatic heterocycles. The van der Waals surface area contributed by atoms with Crippen molar-refractivity contribution in [1.29, 1.82) is 0 Å². The molecule has 18 heavy (non-hydrogen) atoms. The van der Waals surface area contributed by atoms with Crippen LogP contribution in [0.5, 0.6) is 0 Å². The van der Waals surface area contributed by atoms with E-state index in [1.54, 1.807) is 10.9 Å². The zero-order valence-corrected chi connectivity index (χ0v) is 10.6. The van der Waals surface area contributed by atoms with Gasteiger partial charge in [-0.3, -0.25) is 9.67 Å². The molecule has 0 unspecified atom stereocenters. The minimum atomic E-state index is 0.547. The molecule has 0 bridgehead atoms. The van der Waals surface area contributed by atoms with Gasteiger partial charge in [-0.05, 0) is 25.0 Å². The summed E-state index contributed by atoms with van der Waals surface area (Å²) >= 11 is 0. The predicted octanol–water partition coefficient (Wildman–Crippen LogP) is 2.72. The summed E-state index contributed by atoms with van der Waals surface area (Å²) in [7, 11) is 1.90. The van der Waals surface area contributed by atoms with Crippen LogP contribution < -0.4 is 5.73 Å². The van der Waals surface area contributed by atoms with Crippen LogP contribution >= 0.6 is 0 Å². The Kier molecular flexibility index (Phi) is 2.78. The molecule has 1 aliphatic rings. The molecule has 1 saturated carbocycles. The molecule has 0 aliphatic heterocycles. The van der Waals surface area contributed by atoms with Gasteiger partial charge in [0.25, 0.3) is 0 Å². The highest BCUT2D eigenvalue weighted by Gasteiger charge is 2.26. The van der Waals surface area contributed by atoms with Crippen LogP contribution in [0.15, 0.2) is 24.4 Å². The van der Waals surface area contributed by atoms with Gasteiger partial charge in [0, 0.05) is 19.2 Å². The van der Waals surface area contributed by atoms with E-state index in [9.17, 15) is 0 Å². The van der Waals surface area contributed by atoms with Gasteiger partial charge >= 0.3 is 0 Å². The summed E-state index contributed by atoms with van der Waals surface area (Å²) in [6, 6.07) is 5.92. The molecule has 2 heterocycles. The highest BCUT2D eigenvalue weighted by Crippen LogP contribution is 2.40. The maximum atomic E-state index is 6.16. The molecule has 0 radical (unpaired) electrons. The number of nitrogens with zero attached hydrogens (tertiary/aromatic N) is 3. The lowest BCUT2D eigenvalue weighted by atomic mass is 9.98. The lowest BCUT2D eigenvalue weighted by Gasteiger charge is -2.08. The number of pyridine rings is 1. The molecule has 0 amide bonds. The fraction of sp³-hybridized carbons (Fsp3) is 0.429. The van der Waals surface area contributed by atoms with Crippen molar-refractivity contribution in [2.24, 2.45) is 7.05 Å². The van der Waals surface area contributed by atoms with E-state index in [0.29, 0.717) is 5.92 Å². The Morgan fingerprint density at radius 1 is 1.28 bits per heavy atom. The molecule has 2 N–H and O–H groups in total. The van der Waals surface area contributed by atoms with Gasteiger partial charge in [0.05, 0.1) is 17.0 Å². The van der Waals surface area contributed by atoms with Gasteiger partial charge in [-0.2, -0.15) is 5.10 Å². The summed E-state index contributed by atoms with van der Waals surface area (Å²) in [6.07, 6.45) is 6.83. The Bertz CT molecular complexity index is 538. The molecule has 0 saturated heterocycles. The van der Waals surface area contributed by atoms with Gasteiger partial charge in [0.15, 0.2) is 0 Å². The summed E-state index contributed by atoms with van der Waals surface area (Å²) in [4.78, 5) is 4.42. The topological polar surface area (TPSA) is 56.7 Å². The van der Waals surface area contributed by atoms with Crippen LogP contribution in [0.2, 0.25) is 0 Å². The molecule has 4 nitrogen and oxygen atoms in total. The van der Waals surface area contributed by atoms with E-state index in [2.05, 4.69) is 10.1 Å². The average Bonchev–Trinajstić information content (AvgIpc) is 3.00. The van der Waals surface area contributed by atoms with Crippen molar-refractivity contribution in [2.45, 2.75) is 31.6 Å². The van der Waals surface area contributed by atoms with Crippen LogP contribution in [-0.4, -0.2) is 14.8 Å². The zero-order valence-electron chi connectivity index (χ0n) is 10.6. The van der Waals surface area contributed by atoms with Gasteiger partial charge in [-0.15, -0.1) is 0 Å². The Morgan fingerprint density at radius 3 is 2.72 bits per heavy atom. The molecule has 0 atom stereocenters. The quantitative estimate of drug-likeness (QED) is 0.881. The van der Waals surface area contributed by atoms with Crippen LogP contribution in [0.3, 0.4) is 0 Å². The third kappa shape index (κ3) is 1.78. The lowest BCUT2D eigenvalue weighted by molar-refractivity contribution is 0.660. The van der Waals surface area contributed by atoms with Crippen LogP contribution in [0, 0.1) is 0 Å². The van der Waals surface area contributed by atoms with E-state index in [1.165, 1.54) is 25.7 Å². The molecular formula is C14H18N4. The van der Waals surface area contributed by atoms with Crippen LogP contribution in [0.4, 0.5) is 5.82 Å². The fourth-order valence-corrected chi connectivity index (χ4v) is 2.82. The highest BCUT2D eigenvalue weighted by molar-refractivity contribution is 5.74. The van der Waals surface area contributed by atoms with Crippen LogP contribution in [0.1, 0.15) is 37.3 Å². The minimum Gasteiger partial charge on any atom is -0.383 e. The highest BCUT2D eigenvalue weighted by atomic mass is 15.3. The van der Waals surface area contributed by atoms with Crippen molar-refractivity contribution in [3.63, 3.8) is 0 Å². The van der Waals surface area contributed by atoms with Crippen molar-refractivity contribution in [3.05, 3.63) is 30.1 Å². The monoisotopic (exact) mass is 242 g/mol. The second-order valence-electron chi connectivity index (χ2n) is 4.97. The predicted molar refractivity (Wildman–Crippen MR) is 72.1 cm³/mol. The molecule has 94 valence electrons. The SMILES string of the molecule is Cn1nc(C2CCCC2)c(-c2ccccn2)c1N. The number of rotatable bonds is 2. The standard InChI is InChI=1S/C14H18N4/c1-18-14(15)12(11-8-4-5-9-16-11)13(17-18)10-6-2-3-7-10/h4-5,8-10H,2-3,6-7,15H2,1H3.